The Bertz CT molecular complexity index is 631. The monoisotopic (exact) mass is 274 g/mol. The van der Waals surface area contributed by atoms with E-state index in [-0.39, 0.29) is 18.5 Å². The van der Waals surface area contributed by atoms with E-state index in [1.165, 1.54) is 12.0 Å². The van der Waals surface area contributed by atoms with Crippen LogP contribution in [0.2, 0.25) is 0 Å². The number of hydrogen-bond donors (Lipinski definition) is 1. The lowest BCUT2D eigenvalue weighted by atomic mass is 10.1. The highest BCUT2D eigenvalue weighted by Crippen LogP contribution is 2.19. The number of ether oxygens (including phenoxy) is 1. The summed E-state index contributed by atoms with van der Waals surface area (Å²) in [4.78, 5) is 28.7. The number of nitrogens with one attached hydrogen (secondary N) is 1. The number of hydrogen-bond acceptors (Lipinski definition) is 3. The second-order valence-corrected chi connectivity index (χ2v) is 4.85. The van der Waals surface area contributed by atoms with Crippen LogP contribution in [0.5, 0.6) is 0 Å². The molecule has 20 heavy (non-hydrogen) atoms. The Morgan fingerprint density at radius 2 is 2.05 bits per heavy atom. The summed E-state index contributed by atoms with van der Waals surface area (Å²) in [6.45, 7) is 3.69. The molecule has 1 N–H and O–H groups in total. The van der Waals surface area contributed by atoms with Crippen LogP contribution in [-0.2, 0) is 9.53 Å². The van der Waals surface area contributed by atoms with Crippen molar-refractivity contribution in [3.63, 3.8) is 0 Å². The third-order valence-corrected chi connectivity index (χ3v) is 3.23. The van der Waals surface area contributed by atoms with E-state index in [0.717, 1.165) is 10.9 Å². The Morgan fingerprint density at radius 1 is 1.30 bits per heavy atom. The highest BCUT2D eigenvalue weighted by atomic mass is 16.5. The number of rotatable bonds is 4. The number of fused-ring (bicyclic) bond motifs is 1. The van der Waals surface area contributed by atoms with Crippen LogP contribution in [0.3, 0.4) is 0 Å². The minimum Gasteiger partial charge on any atom is -0.468 e. The lowest BCUT2D eigenvalue weighted by molar-refractivity contribution is -0.141. The van der Waals surface area contributed by atoms with Gasteiger partial charge in [0.1, 0.15) is 6.54 Å². The molecule has 5 heteroatoms. The van der Waals surface area contributed by atoms with Crippen molar-refractivity contribution < 1.29 is 14.3 Å². The largest absolute Gasteiger partial charge is 0.468 e. The van der Waals surface area contributed by atoms with E-state index in [9.17, 15) is 9.59 Å². The number of amides is 1. The van der Waals surface area contributed by atoms with Gasteiger partial charge in [-0.1, -0.05) is 12.1 Å². The van der Waals surface area contributed by atoms with Gasteiger partial charge in [-0.15, -0.1) is 0 Å². The number of methoxy groups -OCH3 is 1. The fraction of sp³-hybridized carbons (Fsp3) is 0.333. The molecule has 0 aliphatic carbocycles. The zero-order valence-electron chi connectivity index (χ0n) is 11.8. The predicted octanol–water partition coefficient (Wildman–Crippen LogP) is 2.19. The first-order valence-corrected chi connectivity index (χ1v) is 6.48. The number of carbonyl (C=O) groups excluding carboxylic acids is 2. The molecular weight excluding hydrogens is 256 g/mol. The SMILES string of the molecule is COC(=O)CN(C(=O)c1cccc2cc[nH]c12)C(C)C. The van der Waals surface area contributed by atoms with Crippen LogP contribution < -0.4 is 0 Å². The van der Waals surface area contributed by atoms with Gasteiger partial charge in [0.2, 0.25) is 0 Å². The second-order valence-electron chi connectivity index (χ2n) is 4.85. The number of para-hydroxylation sites is 1. The Morgan fingerprint density at radius 3 is 2.70 bits per heavy atom. The smallest absolute Gasteiger partial charge is 0.325 e. The normalized spacial score (nSPS) is 10.8. The lowest BCUT2D eigenvalue weighted by Crippen LogP contribution is -2.41. The maximum Gasteiger partial charge on any atom is 0.325 e. The van der Waals surface area contributed by atoms with Crippen molar-refractivity contribution in [2.45, 2.75) is 19.9 Å². The van der Waals surface area contributed by atoms with Crippen molar-refractivity contribution >= 4 is 22.8 Å². The molecule has 0 aliphatic rings. The number of aromatic nitrogens is 1. The molecule has 1 amide bonds. The van der Waals surface area contributed by atoms with Crippen molar-refractivity contribution in [3.8, 4) is 0 Å². The van der Waals surface area contributed by atoms with E-state index in [0.29, 0.717) is 5.56 Å². The molecular formula is C15H18N2O3. The molecule has 0 saturated carbocycles. The van der Waals surface area contributed by atoms with Gasteiger partial charge >= 0.3 is 5.97 Å². The molecule has 1 aromatic carbocycles. The number of benzene rings is 1. The van der Waals surface area contributed by atoms with E-state index in [4.69, 9.17) is 0 Å². The Hall–Kier alpha value is -2.30. The number of aromatic amines is 1. The van der Waals surface area contributed by atoms with Gasteiger partial charge < -0.3 is 14.6 Å². The second kappa shape index (κ2) is 5.77. The van der Waals surface area contributed by atoms with Gasteiger partial charge in [0, 0.05) is 17.6 Å². The zero-order chi connectivity index (χ0) is 14.7. The maximum atomic E-state index is 12.6. The molecule has 0 saturated heterocycles. The van der Waals surface area contributed by atoms with E-state index in [1.807, 2.05) is 32.0 Å². The van der Waals surface area contributed by atoms with Crippen molar-refractivity contribution in [3.05, 3.63) is 36.0 Å². The summed E-state index contributed by atoms with van der Waals surface area (Å²) < 4.78 is 4.65. The number of carbonyl (C=O) groups is 2. The van der Waals surface area contributed by atoms with Gasteiger partial charge in [-0.25, -0.2) is 0 Å². The van der Waals surface area contributed by atoms with Crippen LogP contribution >= 0.6 is 0 Å². The fourth-order valence-corrected chi connectivity index (χ4v) is 2.11. The molecule has 0 aliphatic heterocycles. The van der Waals surface area contributed by atoms with Crippen LogP contribution in [0.1, 0.15) is 24.2 Å². The van der Waals surface area contributed by atoms with Gasteiger partial charge in [-0.3, -0.25) is 9.59 Å². The third-order valence-electron chi connectivity index (χ3n) is 3.23. The van der Waals surface area contributed by atoms with Gasteiger partial charge in [-0.05, 0) is 26.0 Å². The van der Waals surface area contributed by atoms with E-state index in [1.54, 1.807) is 12.3 Å². The average molecular weight is 274 g/mol. The predicted molar refractivity (Wildman–Crippen MR) is 76.5 cm³/mol. The highest BCUT2D eigenvalue weighted by Gasteiger charge is 2.23. The van der Waals surface area contributed by atoms with Crippen molar-refractivity contribution in [2.24, 2.45) is 0 Å². The summed E-state index contributed by atoms with van der Waals surface area (Å²) >= 11 is 0. The molecule has 5 nitrogen and oxygen atoms in total. The Labute approximate surface area is 117 Å². The van der Waals surface area contributed by atoms with Crippen molar-refractivity contribution in [1.82, 2.24) is 9.88 Å². The first kappa shape index (κ1) is 14.1. The van der Waals surface area contributed by atoms with Gasteiger partial charge in [0.25, 0.3) is 5.91 Å². The first-order chi connectivity index (χ1) is 9.54. The van der Waals surface area contributed by atoms with E-state index >= 15 is 0 Å². The molecule has 0 radical (unpaired) electrons. The summed E-state index contributed by atoms with van der Waals surface area (Å²) in [6.07, 6.45) is 1.79. The molecule has 0 atom stereocenters. The van der Waals surface area contributed by atoms with Crippen molar-refractivity contribution in [2.75, 3.05) is 13.7 Å². The lowest BCUT2D eigenvalue weighted by Gasteiger charge is -2.25. The number of H-pyrrole nitrogens is 1. The highest BCUT2D eigenvalue weighted by molar-refractivity contribution is 6.06. The van der Waals surface area contributed by atoms with Crippen LogP contribution in [0.25, 0.3) is 10.9 Å². The summed E-state index contributed by atoms with van der Waals surface area (Å²) in [7, 11) is 1.32. The Balaban J connectivity index is 2.36. The average Bonchev–Trinajstić information content (AvgIpc) is 2.91. The minimum atomic E-state index is -0.425. The number of nitrogens with zero attached hydrogens (tertiary/aromatic N) is 1. The molecule has 1 aromatic heterocycles. The molecule has 0 bridgehead atoms. The van der Waals surface area contributed by atoms with Crippen LogP contribution in [0, 0.1) is 0 Å². The summed E-state index contributed by atoms with van der Waals surface area (Å²) in [6, 6.07) is 7.34. The molecule has 2 aromatic rings. The maximum absolute atomic E-state index is 12.6. The third kappa shape index (κ3) is 2.66. The van der Waals surface area contributed by atoms with Gasteiger partial charge in [-0.2, -0.15) is 0 Å². The van der Waals surface area contributed by atoms with Crippen LogP contribution in [0.4, 0.5) is 0 Å². The molecule has 0 spiro atoms. The zero-order valence-corrected chi connectivity index (χ0v) is 11.8. The topological polar surface area (TPSA) is 62.4 Å². The van der Waals surface area contributed by atoms with Gasteiger partial charge in [0.15, 0.2) is 0 Å². The molecule has 106 valence electrons. The van der Waals surface area contributed by atoms with Crippen molar-refractivity contribution in [1.29, 1.82) is 0 Å². The quantitative estimate of drug-likeness (QED) is 0.869. The molecule has 2 rings (SSSR count). The summed E-state index contributed by atoms with van der Waals surface area (Å²) in [5.41, 5.74) is 1.35. The van der Waals surface area contributed by atoms with Gasteiger partial charge in [0.05, 0.1) is 18.2 Å². The first-order valence-electron chi connectivity index (χ1n) is 6.48. The standard InChI is InChI=1S/C15H18N2O3/c1-10(2)17(9-13(18)20-3)15(19)12-6-4-5-11-7-8-16-14(11)12/h4-8,10,16H,9H2,1-3H3. The molecule has 0 unspecified atom stereocenters. The Kier molecular flexibility index (Phi) is 4.08. The summed E-state index contributed by atoms with van der Waals surface area (Å²) in [5.74, 6) is -0.607. The molecule has 0 fully saturated rings. The minimum absolute atomic E-state index is 0.0515. The van der Waals surface area contributed by atoms with Crippen LogP contribution in [0.15, 0.2) is 30.5 Å². The fourth-order valence-electron chi connectivity index (χ4n) is 2.11. The number of esters is 1. The summed E-state index contributed by atoms with van der Waals surface area (Å²) in [5, 5.41) is 0.970. The van der Waals surface area contributed by atoms with Crippen LogP contribution in [-0.4, -0.2) is 41.5 Å². The van der Waals surface area contributed by atoms with E-state index in [2.05, 4.69) is 9.72 Å². The van der Waals surface area contributed by atoms with E-state index < -0.39 is 5.97 Å². The molecule has 1 heterocycles.